The first-order valence-electron chi connectivity index (χ1n) is 7.98. The number of nitrogens with zero attached hydrogens (tertiary/aromatic N) is 2. The zero-order valence-corrected chi connectivity index (χ0v) is 14.3. The van der Waals surface area contributed by atoms with E-state index in [1.54, 1.807) is 43.2 Å². The maximum atomic E-state index is 12.6. The summed E-state index contributed by atoms with van der Waals surface area (Å²) in [6, 6.07) is 6.74. The Morgan fingerprint density at radius 1 is 1.19 bits per heavy atom. The summed E-state index contributed by atoms with van der Waals surface area (Å²) in [5.41, 5.74) is -0.977. The Labute approximate surface area is 148 Å². The number of piperazine rings is 1. The average Bonchev–Trinajstić information content (AvgIpc) is 2.63. The number of carbonyl (C=O) groups excluding carboxylic acids is 2. The van der Waals surface area contributed by atoms with Gasteiger partial charge >= 0.3 is 5.69 Å². The van der Waals surface area contributed by atoms with Crippen LogP contribution in [0.1, 0.15) is 17.3 Å². The Kier molecular flexibility index (Phi) is 4.61. The molecule has 26 heavy (non-hydrogen) atoms. The Bertz CT molecular complexity index is 947. The highest BCUT2D eigenvalue weighted by molar-refractivity contribution is 6.01. The van der Waals surface area contributed by atoms with Gasteiger partial charge in [0.1, 0.15) is 17.9 Å². The molecule has 1 atom stereocenters. The van der Waals surface area contributed by atoms with Crippen molar-refractivity contribution < 1.29 is 14.3 Å². The molecule has 9 heteroatoms. The molecule has 1 aromatic heterocycles. The molecule has 1 aliphatic rings. The van der Waals surface area contributed by atoms with Crippen LogP contribution in [0.5, 0.6) is 5.75 Å². The third kappa shape index (κ3) is 3.23. The van der Waals surface area contributed by atoms with Crippen molar-refractivity contribution in [3.8, 4) is 5.75 Å². The summed E-state index contributed by atoms with van der Waals surface area (Å²) in [7, 11) is 1.56. The van der Waals surface area contributed by atoms with E-state index < -0.39 is 17.2 Å². The number of methoxy groups -OCH3 is 1. The van der Waals surface area contributed by atoms with Gasteiger partial charge in [0.05, 0.1) is 7.11 Å². The third-order valence-corrected chi connectivity index (χ3v) is 4.28. The number of aromatic amines is 2. The molecule has 0 unspecified atom stereocenters. The topological polar surface area (TPSA) is 116 Å². The van der Waals surface area contributed by atoms with Crippen molar-refractivity contribution in [1.82, 2.24) is 14.9 Å². The Morgan fingerprint density at radius 3 is 2.50 bits per heavy atom. The summed E-state index contributed by atoms with van der Waals surface area (Å²) < 4.78 is 5.11. The van der Waals surface area contributed by atoms with E-state index in [4.69, 9.17) is 4.74 Å². The molecule has 2 amide bonds. The normalized spacial score (nSPS) is 17.3. The molecular formula is C17H18N4O5. The monoisotopic (exact) mass is 358 g/mol. The Balaban J connectivity index is 1.81. The lowest BCUT2D eigenvalue weighted by molar-refractivity contribution is -0.121. The number of hydrogen-bond acceptors (Lipinski definition) is 5. The van der Waals surface area contributed by atoms with E-state index in [1.807, 2.05) is 4.98 Å². The summed E-state index contributed by atoms with van der Waals surface area (Å²) in [6.07, 6.45) is 1.07. The van der Waals surface area contributed by atoms with Gasteiger partial charge in [-0.25, -0.2) is 4.79 Å². The molecule has 2 aromatic rings. The van der Waals surface area contributed by atoms with Gasteiger partial charge < -0.3 is 19.5 Å². The molecule has 0 saturated carbocycles. The highest BCUT2D eigenvalue weighted by atomic mass is 16.5. The van der Waals surface area contributed by atoms with Crippen LogP contribution in [0, 0.1) is 0 Å². The molecule has 0 bridgehead atoms. The molecule has 2 N–H and O–H groups in total. The molecule has 0 spiro atoms. The minimum absolute atomic E-state index is 0.162. The van der Waals surface area contributed by atoms with Gasteiger partial charge in [-0.05, 0) is 31.2 Å². The molecule has 9 nitrogen and oxygen atoms in total. The first-order chi connectivity index (χ1) is 12.4. The van der Waals surface area contributed by atoms with E-state index in [9.17, 15) is 19.2 Å². The second kappa shape index (κ2) is 6.87. The van der Waals surface area contributed by atoms with Crippen LogP contribution in [0.15, 0.2) is 40.1 Å². The van der Waals surface area contributed by atoms with Crippen molar-refractivity contribution in [2.45, 2.75) is 13.0 Å². The fourth-order valence-electron chi connectivity index (χ4n) is 2.86. The molecule has 1 saturated heterocycles. The van der Waals surface area contributed by atoms with Gasteiger partial charge in [0, 0.05) is 24.5 Å². The molecule has 3 rings (SSSR count). The predicted molar refractivity (Wildman–Crippen MR) is 93.5 cm³/mol. The summed E-state index contributed by atoms with van der Waals surface area (Å²) >= 11 is 0. The molecule has 1 fully saturated rings. The number of ether oxygens (including phenoxy) is 1. The third-order valence-electron chi connectivity index (χ3n) is 4.28. The SMILES string of the molecule is COc1ccc(N2C[C@@H](C)N(C(=O)c3c[nH]c(=O)[nH]c3=O)CC2=O)cc1. The zero-order valence-electron chi connectivity index (χ0n) is 14.3. The van der Waals surface area contributed by atoms with Crippen molar-refractivity contribution in [2.75, 3.05) is 25.1 Å². The number of amides is 2. The van der Waals surface area contributed by atoms with Crippen LogP contribution in [0.3, 0.4) is 0 Å². The maximum Gasteiger partial charge on any atom is 0.325 e. The number of nitrogens with one attached hydrogen (secondary N) is 2. The van der Waals surface area contributed by atoms with Crippen molar-refractivity contribution in [2.24, 2.45) is 0 Å². The highest BCUT2D eigenvalue weighted by Crippen LogP contribution is 2.23. The maximum absolute atomic E-state index is 12.6. The predicted octanol–water partition coefficient (Wildman–Crippen LogP) is -0.0507. The lowest BCUT2D eigenvalue weighted by atomic mass is 10.1. The lowest BCUT2D eigenvalue weighted by Crippen LogP contribution is -2.57. The van der Waals surface area contributed by atoms with Gasteiger partial charge in [0.2, 0.25) is 5.91 Å². The quantitative estimate of drug-likeness (QED) is 0.798. The van der Waals surface area contributed by atoms with Crippen molar-refractivity contribution in [1.29, 1.82) is 0 Å². The second-order valence-corrected chi connectivity index (χ2v) is 5.97. The van der Waals surface area contributed by atoms with E-state index in [0.717, 1.165) is 6.20 Å². The van der Waals surface area contributed by atoms with E-state index in [2.05, 4.69) is 4.98 Å². The van der Waals surface area contributed by atoms with Gasteiger partial charge in [-0.1, -0.05) is 0 Å². The Hall–Kier alpha value is -3.36. The van der Waals surface area contributed by atoms with Crippen LogP contribution in [0.4, 0.5) is 5.69 Å². The van der Waals surface area contributed by atoms with Crippen molar-refractivity contribution in [3.63, 3.8) is 0 Å². The number of rotatable bonds is 3. The molecule has 0 radical (unpaired) electrons. The number of H-pyrrole nitrogens is 2. The summed E-state index contributed by atoms with van der Waals surface area (Å²) in [6.45, 7) is 1.92. The number of hydrogen-bond donors (Lipinski definition) is 2. The number of benzene rings is 1. The van der Waals surface area contributed by atoms with Crippen LogP contribution < -0.4 is 20.9 Å². The molecular weight excluding hydrogens is 340 g/mol. The van der Waals surface area contributed by atoms with Crippen LogP contribution in [0.25, 0.3) is 0 Å². The molecule has 0 aliphatic carbocycles. The second-order valence-electron chi connectivity index (χ2n) is 5.97. The van der Waals surface area contributed by atoms with Gasteiger partial charge in [-0.15, -0.1) is 0 Å². The fourth-order valence-corrected chi connectivity index (χ4v) is 2.86. The van der Waals surface area contributed by atoms with Gasteiger partial charge in [-0.2, -0.15) is 0 Å². The highest BCUT2D eigenvalue weighted by Gasteiger charge is 2.34. The van der Waals surface area contributed by atoms with E-state index >= 15 is 0 Å². The van der Waals surface area contributed by atoms with Gasteiger partial charge in [0.15, 0.2) is 0 Å². The molecule has 1 aliphatic heterocycles. The van der Waals surface area contributed by atoms with Gasteiger partial charge in [0.25, 0.3) is 11.5 Å². The molecule has 1 aromatic carbocycles. The van der Waals surface area contributed by atoms with Crippen LogP contribution >= 0.6 is 0 Å². The van der Waals surface area contributed by atoms with Gasteiger partial charge in [-0.3, -0.25) is 19.4 Å². The minimum Gasteiger partial charge on any atom is -0.497 e. The minimum atomic E-state index is -0.781. The number of carbonyl (C=O) groups is 2. The standard InChI is InChI=1S/C17H18N4O5/c1-10-8-21(11-3-5-12(26-2)6-4-11)14(22)9-20(10)16(24)13-7-18-17(25)19-15(13)23/h3-7,10H,8-9H2,1-2H3,(H2,18,19,23,25)/t10-/m1/s1. The summed E-state index contributed by atoms with van der Waals surface area (Å²) in [5.74, 6) is -0.180. The first-order valence-corrected chi connectivity index (χ1v) is 7.98. The number of aromatic nitrogens is 2. The van der Waals surface area contributed by atoms with E-state index in [1.165, 1.54) is 4.90 Å². The van der Waals surface area contributed by atoms with Crippen molar-refractivity contribution in [3.05, 3.63) is 56.9 Å². The zero-order chi connectivity index (χ0) is 18.8. The van der Waals surface area contributed by atoms with E-state index in [-0.39, 0.29) is 30.6 Å². The van der Waals surface area contributed by atoms with Crippen LogP contribution in [-0.2, 0) is 4.79 Å². The lowest BCUT2D eigenvalue weighted by Gasteiger charge is -2.39. The van der Waals surface area contributed by atoms with E-state index in [0.29, 0.717) is 11.4 Å². The average molecular weight is 358 g/mol. The number of anilines is 1. The van der Waals surface area contributed by atoms with Crippen molar-refractivity contribution >= 4 is 17.5 Å². The van der Waals surface area contributed by atoms with Crippen LogP contribution in [-0.4, -0.2) is 52.9 Å². The van der Waals surface area contributed by atoms with Crippen LogP contribution in [0.2, 0.25) is 0 Å². The molecule has 136 valence electrons. The summed E-state index contributed by atoms with van der Waals surface area (Å²) in [4.78, 5) is 55.3. The summed E-state index contributed by atoms with van der Waals surface area (Å²) in [5, 5.41) is 0. The first kappa shape index (κ1) is 17.5. The largest absolute Gasteiger partial charge is 0.497 e. The Morgan fingerprint density at radius 2 is 1.88 bits per heavy atom. The molecule has 2 heterocycles. The fraction of sp³-hybridized carbons (Fsp3) is 0.294. The smallest absolute Gasteiger partial charge is 0.325 e.